The van der Waals surface area contributed by atoms with Crippen LogP contribution >= 0.6 is 0 Å². The number of likely N-dealkylation sites (tertiary alicyclic amines) is 1. The molecular formula is C14H26N4. The van der Waals surface area contributed by atoms with E-state index in [0.29, 0.717) is 12.0 Å². The number of nitrogens with zero attached hydrogens (tertiary/aromatic N) is 3. The van der Waals surface area contributed by atoms with Gasteiger partial charge in [0.05, 0.1) is 18.1 Å². The molecule has 2 atom stereocenters. The first-order chi connectivity index (χ1) is 8.77. The van der Waals surface area contributed by atoms with Crippen LogP contribution in [0.3, 0.4) is 0 Å². The van der Waals surface area contributed by atoms with Crippen LogP contribution in [0, 0.1) is 5.92 Å². The van der Waals surface area contributed by atoms with Crippen molar-refractivity contribution in [2.45, 2.75) is 39.3 Å². The second-order valence-corrected chi connectivity index (χ2v) is 5.24. The van der Waals surface area contributed by atoms with Gasteiger partial charge in [0.1, 0.15) is 0 Å². The Hall–Kier alpha value is -0.870. The summed E-state index contributed by atoms with van der Waals surface area (Å²) in [6.45, 7) is 8.74. The third-order valence-corrected chi connectivity index (χ3v) is 4.05. The molecule has 0 bridgehead atoms. The lowest BCUT2D eigenvalue weighted by Gasteiger charge is -2.39. The first-order valence-electron chi connectivity index (χ1n) is 7.18. The van der Waals surface area contributed by atoms with E-state index in [2.05, 4.69) is 46.9 Å². The molecule has 18 heavy (non-hydrogen) atoms. The maximum Gasteiger partial charge on any atom is 0.0948 e. The maximum absolute atomic E-state index is 4.33. The molecule has 0 amide bonds. The van der Waals surface area contributed by atoms with Gasteiger partial charge in [0.25, 0.3) is 0 Å². The van der Waals surface area contributed by atoms with Gasteiger partial charge in [-0.15, -0.1) is 0 Å². The first kappa shape index (κ1) is 13.6. The van der Waals surface area contributed by atoms with Gasteiger partial charge in [-0.1, -0.05) is 6.92 Å². The molecule has 1 fully saturated rings. The Morgan fingerprint density at radius 1 is 1.44 bits per heavy atom. The van der Waals surface area contributed by atoms with Crippen LogP contribution in [0.5, 0.6) is 0 Å². The zero-order valence-electron chi connectivity index (χ0n) is 11.9. The lowest BCUT2D eigenvalue weighted by atomic mass is 9.87. The Morgan fingerprint density at radius 2 is 2.28 bits per heavy atom. The van der Waals surface area contributed by atoms with Crippen molar-refractivity contribution < 1.29 is 0 Å². The second-order valence-electron chi connectivity index (χ2n) is 5.24. The fourth-order valence-electron chi connectivity index (χ4n) is 3.11. The fraction of sp³-hybridized carbons (Fsp3) is 0.786. The van der Waals surface area contributed by atoms with E-state index in [1.54, 1.807) is 0 Å². The molecule has 2 rings (SSSR count). The summed E-state index contributed by atoms with van der Waals surface area (Å²) in [5.41, 5.74) is 1.38. The third-order valence-electron chi connectivity index (χ3n) is 4.05. The van der Waals surface area contributed by atoms with E-state index in [0.717, 1.165) is 19.6 Å². The summed E-state index contributed by atoms with van der Waals surface area (Å²) in [6.07, 6.45) is 6.64. The molecule has 102 valence electrons. The number of rotatable bonds is 5. The largest absolute Gasteiger partial charge is 0.333 e. The molecule has 0 aliphatic carbocycles. The number of aryl methyl sites for hydroxylation is 1. The number of hydrogen-bond donors (Lipinski definition) is 1. The van der Waals surface area contributed by atoms with Crippen molar-refractivity contribution in [1.82, 2.24) is 19.8 Å². The number of imidazole rings is 1. The van der Waals surface area contributed by atoms with Gasteiger partial charge in [0.15, 0.2) is 0 Å². The Labute approximate surface area is 110 Å². The third kappa shape index (κ3) is 2.75. The number of aromatic nitrogens is 2. The molecule has 1 aromatic heterocycles. The van der Waals surface area contributed by atoms with Gasteiger partial charge >= 0.3 is 0 Å². The second kappa shape index (κ2) is 6.34. The van der Waals surface area contributed by atoms with E-state index in [-0.39, 0.29) is 0 Å². The number of nitrogens with one attached hydrogen (secondary N) is 1. The first-order valence-corrected chi connectivity index (χ1v) is 7.18. The van der Waals surface area contributed by atoms with Crippen LogP contribution in [0.25, 0.3) is 0 Å². The normalized spacial score (nSPS) is 25.5. The molecule has 0 radical (unpaired) electrons. The minimum Gasteiger partial charge on any atom is -0.333 e. The summed E-state index contributed by atoms with van der Waals surface area (Å²) in [6, 6.07) is 0.514. The monoisotopic (exact) mass is 250 g/mol. The molecule has 2 heterocycles. The topological polar surface area (TPSA) is 33.1 Å². The fourth-order valence-corrected chi connectivity index (χ4v) is 3.11. The molecular weight excluding hydrogens is 224 g/mol. The smallest absolute Gasteiger partial charge is 0.0948 e. The molecule has 0 aromatic carbocycles. The summed E-state index contributed by atoms with van der Waals surface area (Å²) in [4.78, 5) is 6.83. The highest BCUT2D eigenvalue weighted by atomic mass is 15.2. The van der Waals surface area contributed by atoms with Crippen molar-refractivity contribution in [3.8, 4) is 0 Å². The van der Waals surface area contributed by atoms with Crippen LogP contribution in [0.4, 0.5) is 0 Å². The van der Waals surface area contributed by atoms with Crippen LogP contribution in [-0.4, -0.2) is 41.1 Å². The molecule has 1 saturated heterocycles. The van der Waals surface area contributed by atoms with Gasteiger partial charge in [-0.2, -0.15) is 0 Å². The van der Waals surface area contributed by atoms with Crippen molar-refractivity contribution in [3.63, 3.8) is 0 Å². The van der Waals surface area contributed by atoms with E-state index in [4.69, 9.17) is 0 Å². The van der Waals surface area contributed by atoms with Crippen LogP contribution in [0.1, 0.15) is 38.4 Å². The quantitative estimate of drug-likeness (QED) is 0.866. The summed E-state index contributed by atoms with van der Waals surface area (Å²) in [7, 11) is 2.25. The highest BCUT2D eigenvalue weighted by Crippen LogP contribution is 2.34. The van der Waals surface area contributed by atoms with Crippen LogP contribution in [0.2, 0.25) is 0 Å². The molecule has 1 aliphatic heterocycles. The molecule has 1 N–H and O–H groups in total. The molecule has 4 heteroatoms. The van der Waals surface area contributed by atoms with Gasteiger partial charge in [-0.3, -0.25) is 4.90 Å². The van der Waals surface area contributed by atoms with Crippen LogP contribution in [0.15, 0.2) is 12.5 Å². The summed E-state index contributed by atoms with van der Waals surface area (Å²) >= 11 is 0. The highest BCUT2D eigenvalue weighted by molar-refractivity contribution is 5.09. The van der Waals surface area contributed by atoms with Crippen molar-refractivity contribution >= 4 is 0 Å². The minimum atomic E-state index is 0.514. The molecule has 0 spiro atoms. The number of piperidine rings is 1. The number of hydrogen-bond acceptors (Lipinski definition) is 3. The van der Waals surface area contributed by atoms with E-state index in [1.165, 1.54) is 25.1 Å². The van der Waals surface area contributed by atoms with Crippen molar-refractivity contribution in [2.75, 3.05) is 26.7 Å². The van der Waals surface area contributed by atoms with Crippen molar-refractivity contribution in [3.05, 3.63) is 18.2 Å². The summed E-state index contributed by atoms with van der Waals surface area (Å²) in [5, 5.41) is 3.51. The zero-order valence-corrected chi connectivity index (χ0v) is 11.9. The zero-order chi connectivity index (χ0) is 13.0. The predicted octanol–water partition coefficient (Wildman–Crippen LogP) is 1.90. The standard InChI is InChI=1S/C14H26N4/c1-4-15-9-12-7-6-8-17(3)14(12)13-10-16-11-18(13)5-2/h10-12,14-15H,4-9H2,1-3H3. The summed E-state index contributed by atoms with van der Waals surface area (Å²) in [5.74, 6) is 0.700. The Morgan fingerprint density at radius 3 is 3.00 bits per heavy atom. The van der Waals surface area contributed by atoms with E-state index in [9.17, 15) is 0 Å². The van der Waals surface area contributed by atoms with E-state index < -0.39 is 0 Å². The van der Waals surface area contributed by atoms with Gasteiger partial charge in [0, 0.05) is 12.7 Å². The van der Waals surface area contributed by atoms with Crippen LogP contribution in [-0.2, 0) is 6.54 Å². The Balaban J connectivity index is 2.18. The highest BCUT2D eigenvalue weighted by Gasteiger charge is 2.31. The summed E-state index contributed by atoms with van der Waals surface area (Å²) < 4.78 is 2.28. The van der Waals surface area contributed by atoms with Gasteiger partial charge in [-0.05, 0) is 52.4 Å². The lowest BCUT2D eigenvalue weighted by molar-refractivity contribution is 0.113. The lowest BCUT2D eigenvalue weighted by Crippen LogP contribution is -2.41. The molecule has 0 saturated carbocycles. The molecule has 1 aromatic rings. The van der Waals surface area contributed by atoms with E-state index in [1.807, 2.05) is 6.33 Å². The Bertz CT molecular complexity index is 360. The minimum absolute atomic E-state index is 0.514. The SMILES string of the molecule is CCNCC1CCCN(C)C1c1cncn1CC. The average molecular weight is 250 g/mol. The molecule has 2 unspecified atom stereocenters. The molecule has 1 aliphatic rings. The van der Waals surface area contributed by atoms with Gasteiger partial charge in [-0.25, -0.2) is 4.98 Å². The van der Waals surface area contributed by atoms with Crippen molar-refractivity contribution in [2.24, 2.45) is 5.92 Å². The van der Waals surface area contributed by atoms with Crippen LogP contribution < -0.4 is 5.32 Å². The maximum atomic E-state index is 4.33. The predicted molar refractivity (Wildman–Crippen MR) is 74.5 cm³/mol. The van der Waals surface area contributed by atoms with Gasteiger partial charge in [0.2, 0.25) is 0 Å². The Kier molecular flexibility index (Phi) is 4.78. The van der Waals surface area contributed by atoms with Crippen molar-refractivity contribution in [1.29, 1.82) is 0 Å². The van der Waals surface area contributed by atoms with Gasteiger partial charge < -0.3 is 9.88 Å². The molecule has 4 nitrogen and oxygen atoms in total. The van der Waals surface area contributed by atoms with E-state index >= 15 is 0 Å². The average Bonchev–Trinajstić information content (AvgIpc) is 2.84.